The fraction of sp³-hybridized carbons (Fsp3) is 0.917. The first-order valence-corrected chi connectivity index (χ1v) is 6.06. The fourth-order valence-electron chi connectivity index (χ4n) is 2.18. The van der Waals surface area contributed by atoms with Gasteiger partial charge in [0.15, 0.2) is 0 Å². The molecule has 4 heteroatoms. The summed E-state index contributed by atoms with van der Waals surface area (Å²) in [7, 11) is 1.67. The van der Waals surface area contributed by atoms with Gasteiger partial charge < -0.3 is 15.0 Å². The second-order valence-electron chi connectivity index (χ2n) is 4.95. The zero-order valence-corrected chi connectivity index (χ0v) is 10.9. The smallest absolute Gasteiger partial charge is 0.242 e. The number of rotatable bonds is 5. The quantitative estimate of drug-likeness (QED) is 0.763. The fourth-order valence-corrected chi connectivity index (χ4v) is 2.18. The van der Waals surface area contributed by atoms with Crippen molar-refractivity contribution in [1.82, 2.24) is 10.2 Å². The summed E-state index contributed by atoms with van der Waals surface area (Å²) in [6.45, 7) is 8.31. The second kappa shape index (κ2) is 5.64. The van der Waals surface area contributed by atoms with Gasteiger partial charge in [0.1, 0.15) is 0 Å². The van der Waals surface area contributed by atoms with Crippen LogP contribution < -0.4 is 5.32 Å². The summed E-state index contributed by atoms with van der Waals surface area (Å²) < 4.78 is 5.05. The van der Waals surface area contributed by atoms with Crippen LogP contribution in [0.5, 0.6) is 0 Å². The van der Waals surface area contributed by atoms with Crippen molar-refractivity contribution in [2.45, 2.75) is 45.2 Å². The van der Waals surface area contributed by atoms with Crippen LogP contribution in [-0.4, -0.2) is 49.2 Å². The molecule has 94 valence electrons. The average Bonchev–Trinajstić information content (AvgIpc) is 2.66. The molecule has 1 heterocycles. The minimum atomic E-state index is -0.363. The maximum absolute atomic E-state index is 12.4. The van der Waals surface area contributed by atoms with E-state index in [0.29, 0.717) is 13.2 Å². The molecular weight excluding hydrogens is 204 g/mol. The minimum absolute atomic E-state index is 0.206. The van der Waals surface area contributed by atoms with E-state index in [1.54, 1.807) is 7.11 Å². The summed E-state index contributed by atoms with van der Waals surface area (Å²) in [4.78, 5) is 14.3. The predicted octanol–water partition coefficient (Wildman–Crippen LogP) is 1.01. The molecule has 0 aromatic rings. The molecule has 1 unspecified atom stereocenters. The van der Waals surface area contributed by atoms with E-state index in [4.69, 9.17) is 4.74 Å². The molecule has 1 amide bonds. The monoisotopic (exact) mass is 228 g/mol. The summed E-state index contributed by atoms with van der Waals surface area (Å²) in [5.74, 6) is 0.206. The van der Waals surface area contributed by atoms with E-state index in [1.165, 1.54) is 0 Å². The molecule has 0 aromatic heterocycles. The molecule has 1 fully saturated rings. The van der Waals surface area contributed by atoms with Crippen LogP contribution in [0, 0.1) is 0 Å². The van der Waals surface area contributed by atoms with E-state index in [2.05, 4.69) is 5.32 Å². The van der Waals surface area contributed by atoms with Crippen molar-refractivity contribution in [1.29, 1.82) is 0 Å². The van der Waals surface area contributed by atoms with Crippen molar-refractivity contribution in [2.24, 2.45) is 0 Å². The van der Waals surface area contributed by atoms with Crippen LogP contribution >= 0.6 is 0 Å². The highest BCUT2D eigenvalue weighted by atomic mass is 16.5. The molecule has 1 rings (SSSR count). The minimum Gasteiger partial charge on any atom is -0.383 e. The first kappa shape index (κ1) is 13.5. The summed E-state index contributed by atoms with van der Waals surface area (Å²) in [6, 6.07) is 0.224. The summed E-state index contributed by atoms with van der Waals surface area (Å²) >= 11 is 0. The molecule has 16 heavy (non-hydrogen) atoms. The van der Waals surface area contributed by atoms with E-state index in [9.17, 15) is 4.79 Å². The molecule has 1 saturated heterocycles. The molecule has 0 aromatic carbocycles. The van der Waals surface area contributed by atoms with E-state index in [-0.39, 0.29) is 17.5 Å². The molecule has 4 nitrogen and oxygen atoms in total. The zero-order valence-electron chi connectivity index (χ0n) is 10.9. The van der Waals surface area contributed by atoms with Gasteiger partial charge in [-0.25, -0.2) is 0 Å². The maximum Gasteiger partial charge on any atom is 0.242 e. The highest BCUT2D eigenvalue weighted by molar-refractivity contribution is 5.86. The molecule has 0 saturated carbocycles. The van der Waals surface area contributed by atoms with Crippen molar-refractivity contribution in [3.63, 3.8) is 0 Å². The molecule has 1 aliphatic rings. The molecule has 0 aliphatic carbocycles. The van der Waals surface area contributed by atoms with Crippen LogP contribution in [0.1, 0.15) is 33.6 Å². The standard InChI is InChI=1S/C12H24N2O2/c1-10(2)14(8-9-16-4)11(15)12(3)6-5-7-13-12/h10,13H,5-9H2,1-4H3. The molecular formula is C12H24N2O2. The topological polar surface area (TPSA) is 41.6 Å². The Morgan fingerprint density at radius 1 is 1.56 bits per heavy atom. The van der Waals surface area contributed by atoms with Gasteiger partial charge in [-0.15, -0.1) is 0 Å². The van der Waals surface area contributed by atoms with Crippen LogP contribution in [0.2, 0.25) is 0 Å². The maximum atomic E-state index is 12.4. The highest BCUT2D eigenvalue weighted by Gasteiger charge is 2.39. The number of carbonyl (C=O) groups excluding carboxylic acids is 1. The first-order valence-electron chi connectivity index (χ1n) is 6.06. The van der Waals surface area contributed by atoms with Gasteiger partial charge in [0.25, 0.3) is 0 Å². The highest BCUT2D eigenvalue weighted by Crippen LogP contribution is 2.22. The van der Waals surface area contributed by atoms with Gasteiger partial charge in [0.2, 0.25) is 5.91 Å². The Labute approximate surface area is 98.3 Å². The Hall–Kier alpha value is -0.610. The third-order valence-electron chi connectivity index (χ3n) is 3.26. The molecule has 1 N–H and O–H groups in total. The number of nitrogens with zero attached hydrogens (tertiary/aromatic N) is 1. The van der Waals surface area contributed by atoms with Gasteiger partial charge in [-0.05, 0) is 40.2 Å². The largest absolute Gasteiger partial charge is 0.383 e. The summed E-state index contributed by atoms with van der Waals surface area (Å²) in [5, 5.41) is 3.31. The number of hydrogen-bond donors (Lipinski definition) is 1. The molecule has 1 aliphatic heterocycles. The van der Waals surface area contributed by atoms with Crippen LogP contribution in [0.25, 0.3) is 0 Å². The summed E-state index contributed by atoms with van der Waals surface area (Å²) in [5.41, 5.74) is -0.363. The third-order valence-corrected chi connectivity index (χ3v) is 3.26. The van der Waals surface area contributed by atoms with Gasteiger partial charge in [-0.1, -0.05) is 0 Å². The Bertz CT molecular complexity index is 235. The molecule has 0 bridgehead atoms. The lowest BCUT2D eigenvalue weighted by molar-refractivity contribution is -0.139. The lowest BCUT2D eigenvalue weighted by Crippen LogP contribution is -2.55. The zero-order chi connectivity index (χ0) is 12.2. The Morgan fingerprint density at radius 2 is 2.25 bits per heavy atom. The van der Waals surface area contributed by atoms with Gasteiger partial charge in [0.05, 0.1) is 12.1 Å². The SMILES string of the molecule is COCCN(C(=O)C1(C)CCCN1)C(C)C. The van der Waals surface area contributed by atoms with Crippen molar-refractivity contribution < 1.29 is 9.53 Å². The van der Waals surface area contributed by atoms with E-state index >= 15 is 0 Å². The van der Waals surface area contributed by atoms with Gasteiger partial charge in [-0.3, -0.25) is 4.79 Å². The van der Waals surface area contributed by atoms with Crippen LogP contribution in [0.3, 0.4) is 0 Å². The lowest BCUT2D eigenvalue weighted by atomic mass is 9.97. The number of carbonyl (C=O) groups is 1. The normalized spacial score (nSPS) is 25.1. The van der Waals surface area contributed by atoms with Crippen LogP contribution in [-0.2, 0) is 9.53 Å². The number of hydrogen-bond acceptors (Lipinski definition) is 3. The van der Waals surface area contributed by atoms with Gasteiger partial charge >= 0.3 is 0 Å². The van der Waals surface area contributed by atoms with E-state index in [1.807, 2.05) is 25.7 Å². The van der Waals surface area contributed by atoms with Gasteiger partial charge in [-0.2, -0.15) is 0 Å². The molecule has 0 radical (unpaired) electrons. The number of amides is 1. The summed E-state index contributed by atoms with van der Waals surface area (Å²) in [6.07, 6.45) is 2.01. The third kappa shape index (κ3) is 2.95. The van der Waals surface area contributed by atoms with Crippen molar-refractivity contribution in [3.05, 3.63) is 0 Å². The van der Waals surface area contributed by atoms with Crippen molar-refractivity contribution in [2.75, 3.05) is 26.8 Å². The van der Waals surface area contributed by atoms with Gasteiger partial charge in [0, 0.05) is 19.7 Å². The van der Waals surface area contributed by atoms with Crippen LogP contribution in [0.15, 0.2) is 0 Å². The second-order valence-corrected chi connectivity index (χ2v) is 4.95. The molecule has 0 spiro atoms. The molecule has 1 atom stereocenters. The predicted molar refractivity (Wildman–Crippen MR) is 64.4 cm³/mol. The first-order chi connectivity index (χ1) is 7.51. The Morgan fingerprint density at radius 3 is 2.69 bits per heavy atom. The Balaban J connectivity index is 2.66. The van der Waals surface area contributed by atoms with E-state index < -0.39 is 0 Å². The van der Waals surface area contributed by atoms with E-state index in [0.717, 1.165) is 19.4 Å². The van der Waals surface area contributed by atoms with Crippen molar-refractivity contribution in [3.8, 4) is 0 Å². The Kier molecular flexibility index (Phi) is 4.74. The number of nitrogens with one attached hydrogen (secondary N) is 1. The van der Waals surface area contributed by atoms with Crippen LogP contribution in [0.4, 0.5) is 0 Å². The average molecular weight is 228 g/mol. The number of methoxy groups -OCH3 is 1. The van der Waals surface area contributed by atoms with Crippen molar-refractivity contribution >= 4 is 5.91 Å². The lowest BCUT2D eigenvalue weighted by Gasteiger charge is -2.34. The number of ether oxygens (including phenoxy) is 1.